The third-order valence-corrected chi connectivity index (χ3v) is 4.32. The predicted octanol–water partition coefficient (Wildman–Crippen LogP) is 0.534. The lowest BCUT2D eigenvalue weighted by Gasteiger charge is -2.04. The van der Waals surface area contributed by atoms with Crippen LogP contribution in [0.15, 0.2) is 35.2 Å². The molecule has 90 valence electrons. The molecule has 0 aliphatic carbocycles. The zero-order chi connectivity index (χ0) is 12.2. The van der Waals surface area contributed by atoms with Crippen molar-refractivity contribution in [2.45, 2.75) is 4.90 Å². The largest absolute Gasteiger partial charge is 0.240 e. The second-order valence-corrected chi connectivity index (χ2v) is 7.62. The molecule has 1 aromatic carbocycles. The molecule has 0 aliphatic rings. The molecular formula is C8H10ClNO4S2. The van der Waals surface area contributed by atoms with Crippen molar-refractivity contribution in [3.63, 3.8) is 0 Å². The van der Waals surface area contributed by atoms with Gasteiger partial charge in [-0.15, -0.1) is 0 Å². The van der Waals surface area contributed by atoms with E-state index >= 15 is 0 Å². The van der Waals surface area contributed by atoms with E-state index in [4.69, 9.17) is 10.7 Å². The quantitative estimate of drug-likeness (QED) is 0.800. The minimum absolute atomic E-state index is 0.0852. The maximum Gasteiger partial charge on any atom is 0.240 e. The Labute approximate surface area is 98.9 Å². The van der Waals surface area contributed by atoms with Gasteiger partial charge in [-0.3, -0.25) is 0 Å². The summed E-state index contributed by atoms with van der Waals surface area (Å²) >= 11 is 0. The van der Waals surface area contributed by atoms with E-state index in [9.17, 15) is 16.8 Å². The zero-order valence-corrected chi connectivity index (χ0v) is 10.5. The van der Waals surface area contributed by atoms with Crippen molar-refractivity contribution in [3.05, 3.63) is 30.3 Å². The van der Waals surface area contributed by atoms with Gasteiger partial charge in [0.15, 0.2) is 0 Å². The summed E-state index contributed by atoms with van der Waals surface area (Å²) in [6, 6.07) is 7.66. The molecule has 0 radical (unpaired) electrons. The molecule has 0 saturated carbocycles. The summed E-state index contributed by atoms with van der Waals surface area (Å²) in [7, 11) is -2.39. The first kappa shape index (κ1) is 13.4. The van der Waals surface area contributed by atoms with Crippen molar-refractivity contribution in [3.8, 4) is 0 Å². The SMILES string of the molecule is O=S(=O)(Cl)CCNS(=O)(=O)c1ccccc1. The minimum atomic E-state index is -3.68. The highest BCUT2D eigenvalue weighted by Crippen LogP contribution is 2.06. The molecule has 5 nitrogen and oxygen atoms in total. The van der Waals surface area contributed by atoms with E-state index in [1.807, 2.05) is 0 Å². The van der Waals surface area contributed by atoms with Gasteiger partial charge in [0.1, 0.15) is 0 Å². The van der Waals surface area contributed by atoms with E-state index in [1.54, 1.807) is 18.2 Å². The minimum Gasteiger partial charge on any atom is -0.212 e. The normalized spacial score (nSPS) is 12.6. The van der Waals surface area contributed by atoms with Crippen LogP contribution in [0.4, 0.5) is 0 Å². The molecule has 1 rings (SSSR count). The smallest absolute Gasteiger partial charge is 0.212 e. The lowest BCUT2D eigenvalue weighted by Crippen LogP contribution is -2.28. The molecule has 16 heavy (non-hydrogen) atoms. The summed E-state index contributed by atoms with van der Waals surface area (Å²) in [5.41, 5.74) is 0. The monoisotopic (exact) mass is 283 g/mol. The Morgan fingerprint density at radius 1 is 1.06 bits per heavy atom. The Balaban J connectivity index is 2.68. The van der Waals surface area contributed by atoms with Gasteiger partial charge in [-0.2, -0.15) is 0 Å². The average molecular weight is 284 g/mol. The molecule has 0 amide bonds. The average Bonchev–Trinajstić information content (AvgIpc) is 2.17. The number of halogens is 1. The van der Waals surface area contributed by atoms with E-state index in [2.05, 4.69) is 4.72 Å². The van der Waals surface area contributed by atoms with Crippen LogP contribution in [0.3, 0.4) is 0 Å². The van der Waals surface area contributed by atoms with Crippen LogP contribution < -0.4 is 4.72 Å². The molecule has 0 spiro atoms. The standard InChI is InChI=1S/C8H10ClNO4S2/c9-15(11,12)7-6-10-16(13,14)8-4-2-1-3-5-8/h1-5,10H,6-7H2. The van der Waals surface area contributed by atoms with Gasteiger partial charge in [-0.05, 0) is 12.1 Å². The number of benzene rings is 1. The third-order valence-electron chi connectivity index (χ3n) is 1.69. The van der Waals surface area contributed by atoms with Crippen molar-refractivity contribution in [1.82, 2.24) is 4.72 Å². The summed E-state index contributed by atoms with van der Waals surface area (Å²) in [4.78, 5) is 0.0852. The molecule has 0 atom stereocenters. The first-order valence-electron chi connectivity index (χ1n) is 4.28. The van der Waals surface area contributed by atoms with Crippen LogP contribution in [0, 0.1) is 0 Å². The Morgan fingerprint density at radius 3 is 2.12 bits per heavy atom. The fourth-order valence-electron chi connectivity index (χ4n) is 0.981. The molecule has 0 bridgehead atoms. The zero-order valence-electron chi connectivity index (χ0n) is 8.13. The van der Waals surface area contributed by atoms with Gasteiger partial charge in [0.25, 0.3) is 0 Å². The van der Waals surface area contributed by atoms with E-state index in [0.717, 1.165) is 0 Å². The Bertz CT molecular complexity index is 539. The molecule has 8 heteroatoms. The molecule has 1 aromatic rings. The van der Waals surface area contributed by atoms with Crippen LogP contribution in [-0.4, -0.2) is 29.1 Å². The first-order chi connectivity index (χ1) is 7.31. The number of sulfonamides is 1. The highest BCUT2D eigenvalue weighted by molar-refractivity contribution is 8.13. The maximum absolute atomic E-state index is 11.6. The van der Waals surface area contributed by atoms with Gasteiger partial charge in [0, 0.05) is 17.2 Å². The van der Waals surface area contributed by atoms with Crippen molar-refractivity contribution < 1.29 is 16.8 Å². The number of rotatable bonds is 5. The molecule has 0 heterocycles. The molecule has 1 N–H and O–H groups in total. The summed E-state index contributed by atoms with van der Waals surface area (Å²) in [6.07, 6.45) is 0. The summed E-state index contributed by atoms with van der Waals surface area (Å²) in [5.74, 6) is -0.444. The first-order valence-corrected chi connectivity index (χ1v) is 8.24. The Kier molecular flexibility index (Phi) is 4.31. The van der Waals surface area contributed by atoms with Crippen molar-refractivity contribution in [2.75, 3.05) is 12.3 Å². The van der Waals surface area contributed by atoms with Gasteiger partial charge in [0.2, 0.25) is 19.1 Å². The van der Waals surface area contributed by atoms with Crippen LogP contribution in [-0.2, 0) is 19.1 Å². The van der Waals surface area contributed by atoms with E-state index in [1.165, 1.54) is 12.1 Å². The third kappa shape index (κ3) is 4.48. The van der Waals surface area contributed by atoms with Gasteiger partial charge in [-0.1, -0.05) is 18.2 Å². The van der Waals surface area contributed by atoms with Gasteiger partial charge in [-0.25, -0.2) is 21.6 Å². The van der Waals surface area contributed by atoms with E-state index in [-0.39, 0.29) is 11.4 Å². The molecule has 0 fully saturated rings. The Hall–Kier alpha value is -0.630. The van der Waals surface area contributed by atoms with Crippen LogP contribution in [0.5, 0.6) is 0 Å². The second kappa shape index (κ2) is 5.13. The summed E-state index contributed by atoms with van der Waals surface area (Å²) in [6.45, 7) is -0.247. The molecular weight excluding hydrogens is 274 g/mol. The number of hydrogen-bond acceptors (Lipinski definition) is 4. The van der Waals surface area contributed by atoms with Gasteiger partial charge < -0.3 is 0 Å². The summed E-state index contributed by atoms with van der Waals surface area (Å²) < 4.78 is 46.4. The molecule has 0 aromatic heterocycles. The van der Waals surface area contributed by atoms with Crippen LogP contribution >= 0.6 is 10.7 Å². The van der Waals surface area contributed by atoms with Crippen molar-refractivity contribution >= 4 is 29.8 Å². The van der Waals surface area contributed by atoms with Crippen LogP contribution in [0.25, 0.3) is 0 Å². The van der Waals surface area contributed by atoms with E-state index < -0.39 is 24.8 Å². The lowest BCUT2D eigenvalue weighted by molar-refractivity contribution is 0.582. The highest BCUT2D eigenvalue weighted by atomic mass is 35.7. The van der Waals surface area contributed by atoms with Crippen LogP contribution in [0.1, 0.15) is 0 Å². The molecule has 0 unspecified atom stereocenters. The second-order valence-electron chi connectivity index (χ2n) is 2.95. The topological polar surface area (TPSA) is 80.3 Å². The van der Waals surface area contributed by atoms with Gasteiger partial charge in [0.05, 0.1) is 10.6 Å². The van der Waals surface area contributed by atoms with Crippen molar-refractivity contribution in [1.29, 1.82) is 0 Å². The highest BCUT2D eigenvalue weighted by Gasteiger charge is 2.14. The van der Waals surface area contributed by atoms with Gasteiger partial charge >= 0.3 is 0 Å². The Morgan fingerprint density at radius 2 is 1.62 bits per heavy atom. The maximum atomic E-state index is 11.6. The summed E-state index contributed by atoms with van der Waals surface area (Å²) in [5, 5.41) is 0. The fourth-order valence-corrected chi connectivity index (χ4v) is 2.74. The van der Waals surface area contributed by atoms with Crippen molar-refractivity contribution in [2.24, 2.45) is 0 Å². The molecule has 0 saturated heterocycles. The molecule has 0 aliphatic heterocycles. The fraction of sp³-hybridized carbons (Fsp3) is 0.250. The van der Waals surface area contributed by atoms with Crippen LogP contribution in [0.2, 0.25) is 0 Å². The van der Waals surface area contributed by atoms with E-state index in [0.29, 0.717) is 0 Å². The predicted molar refractivity (Wildman–Crippen MR) is 61.3 cm³/mol. The lowest BCUT2D eigenvalue weighted by atomic mass is 10.4. The number of nitrogens with one attached hydrogen (secondary N) is 1. The number of hydrogen-bond donors (Lipinski definition) is 1.